The summed E-state index contributed by atoms with van der Waals surface area (Å²) in [6.07, 6.45) is 5.11. The fraction of sp³-hybridized carbons (Fsp3) is 0.208. The zero-order valence-electron chi connectivity index (χ0n) is 16.7. The van der Waals surface area contributed by atoms with Gasteiger partial charge in [0.2, 0.25) is 11.8 Å². The molecule has 31 heavy (non-hydrogen) atoms. The Balaban J connectivity index is 1.55. The zero-order valence-corrected chi connectivity index (χ0v) is 16.7. The van der Waals surface area contributed by atoms with Crippen molar-refractivity contribution in [2.45, 2.75) is 19.0 Å². The molecule has 0 saturated carbocycles. The molecule has 0 radical (unpaired) electrons. The average Bonchev–Trinajstić information content (AvgIpc) is 3.27. The summed E-state index contributed by atoms with van der Waals surface area (Å²) in [4.78, 5) is 53.0. The fourth-order valence-corrected chi connectivity index (χ4v) is 4.71. The highest BCUT2D eigenvalue weighted by atomic mass is 16.2. The third-order valence-corrected chi connectivity index (χ3v) is 6.15. The zero-order chi connectivity index (χ0) is 21.7. The third kappa shape index (κ3) is 2.84. The van der Waals surface area contributed by atoms with Crippen molar-refractivity contribution in [2.24, 2.45) is 16.9 Å². The number of imide groups is 1. The Morgan fingerprint density at radius 1 is 0.871 bits per heavy atom. The molecule has 7 heteroatoms. The van der Waals surface area contributed by atoms with Gasteiger partial charge in [-0.05, 0) is 37.3 Å². The van der Waals surface area contributed by atoms with Gasteiger partial charge in [0.1, 0.15) is 6.04 Å². The van der Waals surface area contributed by atoms with Gasteiger partial charge >= 0.3 is 0 Å². The van der Waals surface area contributed by atoms with Gasteiger partial charge in [0.05, 0.1) is 23.6 Å². The van der Waals surface area contributed by atoms with Crippen LogP contribution in [0.25, 0.3) is 0 Å². The quantitative estimate of drug-likeness (QED) is 0.568. The molecule has 3 aliphatic heterocycles. The van der Waals surface area contributed by atoms with Crippen LogP contribution < -0.4 is 4.90 Å². The Morgan fingerprint density at radius 2 is 1.55 bits per heavy atom. The second-order valence-corrected chi connectivity index (χ2v) is 7.86. The molecule has 0 N–H and O–H groups in total. The number of benzene rings is 2. The lowest BCUT2D eigenvalue weighted by Crippen LogP contribution is -2.46. The molecule has 0 spiro atoms. The van der Waals surface area contributed by atoms with Crippen LogP contribution in [0.4, 0.5) is 5.69 Å². The van der Waals surface area contributed by atoms with Gasteiger partial charge in [0, 0.05) is 17.3 Å². The lowest BCUT2D eigenvalue weighted by atomic mass is 9.86. The Labute approximate surface area is 178 Å². The minimum Gasteiger partial charge on any atom is -0.295 e. The molecule has 2 aromatic rings. The van der Waals surface area contributed by atoms with Crippen LogP contribution in [0.1, 0.15) is 27.6 Å². The van der Waals surface area contributed by atoms with Crippen molar-refractivity contribution in [3.05, 3.63) is 77.9 Å². The van der Waals surface area contributed by atoms with Crippen LogP contribution in [0.5, 0.6) is 0 Å². The number of allylic oxidation sites excluding steroid dienone is 1. The Kier molecular flexibility index (Phi) is 4.39. The first kappa shape index (κ1) is 19.1. The first-order chi connectivity index (χ1) is 15.0. The number of carbonyl (C=O) groups excluding carboxylic acids is 4. The Morgan fingerprint density at radius 3 is 2.23 bits per heavy atom. The maximum absolute atomic E-state index is 13.5. The van der Waals surface area contributed by atoms with E-state index in [0.29, 0.717) is 16.8 Å². The number of fused-ring (bicyclic) bond motifs is 3. The molecule has 2 fully saturated rings. The van der Waals surface area contributed by atoms with Crippen molar-refractivity contribution in [3.8, 4) is 0 Å². The van der Waals surface area contributed by atoms with Gasteiger partial charge < -0.3 is 0 Å². The molecule has 7 nitrogen and oxygen atoms in total. The van der Waals surface area contributed by atoms with Crippen molar-refractivity contribution in [1.29, 1.82) is 0 Å². The summed E-state index contributed by atoms with van der Waals surface area (Å²) in [7, 11) is 0. The molecule has 2 amide bonds. The first-order valence-corrected chi connectivity index (χ1v) is 10.1. The van der Waals surface area contributed by atoms with Crippen molar-refractivity contribution in [2.75, 3.05) is 4.90 Å². The predicted molar refractivity (Wildman–Crippen MR) is 114 cm³/mol. The minimum atomic E-state index is -0.864. The first-order valence-electron chi connectivity index (χ1n) is 10.1. The molecular weight excluding hydrogens is 394 g/mol. The number of amides is 2. The number of hydrogen-bond acceptors (Lipinski definition) is 6. The van der Waals surface area contributed by atoms with Crippen LogP contribution in [-0.4, -0.2) is 46.7 Å². The fourth-order valence-electron chi connectivity index (χ4n) is 4.71. The summed E-state index contributed by atoms with van der Waals surface area (Å²) in [5.41, 5.74) is 1.37. The number of hydrogen-bond donors (Lipinski definition) is 0. The van der Waals surface area contributed by atoms with E-state index in [1.807, 2.05) is 12.1 Å². The van der Waals surface area contributed by atoms with Gasteiger partial charge in [-0.15, -0.1) is 0 Å². The smallest absolute Gasteiger partial charge is 0.240 e. The van der Waals surface area contributed by atoms with E-state index in [4.69, 9.17) is 0 Å². The molecular formula is C24H19N3O4. The summed E-state index contributed by atoms with van der Waals surface area (Å²) in [6.45, 7) is 1.45. The number of nitrogens with zero attached hydrogens (tertiary/aromatic N) is 3. The second kappa shape index (κ2) is 7.12. The van der Waals surface area contributed by atoms with Gasteiger partial charge in [0.15, 0.2) is 11.6 Å². The lowest BCUT2D eigenvalue weighted by molar-refractivity contribution is -0.123. The highest BCUT2D eigenvalue weighted by molar-refractivity contribution is 6.24. The molecule has 1 unspecified atom stereocenters. The SMILES string of the molecule is CC(=O)c1ccc(N2C(=O)[C@H]3[C@@H](C2=O)C2C=CC=NN2[C@H]3C(=O)c2ccccc2)cc1. The van der Waals surface area contributed by atoms with Gasteiger partial charge in [0.25, 0.3) is 0 Å². The highest BCUT2D eigenvalue weighted by Gasteiger charge is 2.64. The standard InChI is InChI=1S/C24H19N3O4/c1-14(28)15-9-11-17(12-10-15)26-23(30)19-18-8-5-13-25-27(18)21(20(19)24(26)31)22(29)16-6-3-2-4-7-16/h2-13,18-21H,1H3/t18?,19-,20-,21+/m0/s1. The minimum absolute atomic E-state index is 0.100. The monoisotopic (exact) mass is 413 g/mol. The molecule has 0 bridgehead atoms. The van der Waals surface area contributed by atoms with Crippen LogP contribution in [0, 0.1) is 11.8 Å². The average molecular weight is 413 g/mol. The summed E-state index contributed by atoms with van der Waals surface area (Å²) in [5, 5.41) is 5.93. The number of hydrazone groups is 1. The van der Waals surface area contributed by atoms with E-state index in [2.05, 4.69) is 5.10 Å². The summed E-state index contributed by atoms with van der Waals surface area (Å²) >= 11 is 0. The Bertz CT molecular complexity index is 1150. The summed E-state index contributed by atoms with van der Waals surface area (Å²) in [5.74, 6) is -2.65. The number of anilines is 1. The van der Waals surface area contributed by atoms with E-state index in [0.717, 1.165) is 4.90 Å². The van der Waals surface area contributed by atoms with Gasteiger partial charge in [-0.25, -0.2) is 4.90 Å². The van der Waals surface area contributed by atoms with Crippen LogP contribution in [0.2, 0.25) is 0 Å². The Hall–Kier alpha value is -3.87. The van der Waals surface area contributed by atoms with Crippen LogP contribution in [-0.2, 0) is 9.59 Å². The van der Waals surface area contributed by atoms with Crippen LogP contribution in [0.3, 0.4) is 0 Å². The molecule has 3 heterocycles. The van der Waals surface area contributed by atoms with Gasteiger partial charge in [-0.1, -0.05) is 36.4 Å². The summed E-state index contributed by atoms with van der Waals surface area (Å²) < 4.78 is 0. The molecule has 3 aliphatic rings. The van der Waals surface area contributed by atoms with E-state index in [1.54, 1.807) is 65.8 Å². The van der Waals surface area contributed by atoms with Crippen molar-refractivity contribution < 1.29 is 19.2 Å². The molecule has 0 aliphatic carbocycles. The third-order valence-electron chi connectivity index (χ3n) is 6.15. The van der Waals surface area contributed by atoms with Crippen molar-refractivity contribution in [3.63, 3.8) is 0 Å². The largest absolute Gasteiger partial charge is 0.295 e. The normalized spacial score (nSPS) is 26.2. The maximum atomic E-state index is 13.5. The number of rotatable bonds is 4. The van der Waals surface area contributed by atoms with Crippen molar-refractivity contribution >= 4 is 35.3 Å². The van der Waals surface area contributed by atoms with Crippen LogP contribution >= 0.6 is 0 Å². The number of Topliss-reactive ketones (excluding diaryl/α,β-unsaturated/α-hetero) is 2. The lowest BCUT2D eigenvalue weighted by Gasteiger charge is -2.30. The molecule has 4 atom stereocenters. The van der Waals surface area contributed by atoms with E-state index in [9.17, 15) is 19.2 Å². The number of carbonyl (C=O) groups is 4. The predicted octanol–water partition coefficient (Wildman–Crippen LogP) is 2.49. The van der Waals surface area contributed by atoms with Gasteiger partial charge in [-0.3, -0.25) is 24.2 Å². The molecule has 0 aromatic heterocycles. The van der Waals surface area contributed by atoms with E-state index < -0.39 is 29.8 Å². The van der Waals surface area contributed by atoms with Crippen molar-refractivity contribution in [1.82, 2.24) is 5.01 Å². The summed E-state index contributed by atoms with van der Waals surface area (Å²) in [6, 6.07) is 13.8. The highest BCUT2D eigenvalue weighted by Crippen LogP contribution is 2.46. The van der Waals surface area contributed by atoms with Gasteiger partial charge in [-0.2, -0.15) is 5.10 Å². The second-order valence-electron chi connectivity index (χ2n) is 7.86. The topological polar surface area (TPSA) is 87.1 Å². The van der Waals surface area contributed by atoms with E-state index >= 15 is 0 Å². The molecule has 5 rings (SSSR count). The number of ketones is 2. The molecule has 2 aromatic carbocycles. The van der Waals surface area contributed by atoms with E-state index in [-0.39, 0.29) is 17.5 Å². The van der Waals surface area contributed by atoms with E-state index in [1.165, 1.54) is 6.92 Å². The molecule has 154 valence electrons. The molecule has 2 saturated heterocycles. The maximum Gasteiger partial charge on any atom is 0.240 e. The van der Waals surface area contributed by atoms with Crippen LogP contribution in [0.15, 0.2) is 71.9 Å².